The molecule has 9 heteroatoms. The molecule has 0 aliphatic carbocycles. The number of carbonyl (C=O) groups is 1. The molecule has 3 rings (SSSR count). The molecular formula is C20H15F3N2O3S. The lowest BCUT2D eigenvalue weighted by Crippen LogP contribution is -2.17. The predicted molar refractivity (Wildman–Crippen MR) is 105 cm³/mol. The molecule has 0 saturated heterocycles. The summed E-state index contributed by atoms with van der Waals surface area (Å²) in [7, 11) is 1.58. The van der Waals surface area contributed by atoms with E-state index in [4.69, 9.17) is 4.74 Å². The largest absolute Gasteiger partial charge is 0.573 e. The van der Waals surface area contributed by atoms with Crippen molar-refractivity contribution < 1.29 is 27.4 Å². The zero-order valence-electron chi connectivity index (χ0n) is 15.1. The molecule has 0 bridgehead atoms. The SMILES string of the molecule is COc1ccc(-c2csc(NC(=O)C=Cc3cccc(OC(F)(F)F)c3)n2)cc1. The number of hydrogen-bond acceptors (Lipinski definition) is 5. The van der Waals surface area contributed by atoms with Crippen molar-refractivity contribution in [2.45, 2.75) is 6.36 Å². The summed E-state index contributed by atoms with van der Waals surface area (Å²) in [6, 6.07) is 12.7. The Hall–Kier alpha value is -3.33. The van der Waals surface area contributed by atoms with Gasteiger partial charge in [-0.1, -0.05) is 12.1 Å². The van der Waals surface area contributed by atoms with Gasteiger partial charge in [-0.05, 0) is 48.0 Å². The summed E-state index contributed by atoms with van der Waals surface area (Å²) in [5.41, 5.74) is 1.97. The van der Waals surface area contributed by atoms with Crippen molar-refractivity contribution in [2.75, 3.05) is 12.4 Å². The van der Waals surface area contributed by atoms with E-state index in [1.54, 1.807) is 18.6 Å². The molecule has 3 aromatic rings. The average Bonchev–Trinajstić information content (AvgIpc) is 3.14. The van der Waals surface area contributed by atoms with Crippen LogP contribution in [0.3, 0.4) is 0 Å². The fourth-order valence-corrected chi connectivity index (χ4v) is 3.08. The lowest BCUT2D eigenvalue weighted by molar-refractivity contribution is -0.274. The fraction of sp³-hybridized carbons (Fsp3) is 0.100. The van der Waals surface area contributed by atoms with Gasteiger partial charge in [-0.3, -0.25) is 10.1 Å². The molecule has 0 atom stereocenters. The van der Waals surface area contributed by atoms with Gasteiger partial charge in [0.25, 0.3) is 0 Å². The predicted octanol–water partition coefficient (Wildman–Crippen LogP) is 5.37. The summed E-state index contributed by atoms with van der Waals surface area (Å²) < 4.78 is 45.8. The third-order valence-corrected chi connectivity index (χ3v) is 4.40. The first kappa shape index (κ1) is 20.4. The number of aromatic nitrogens is 1. The monoisotopic (exact) mass is 420 g/mol. The average molecular weight is 420 g/mol. The molecule has 29 heavy (non-hydrogen) atoms. The van der Waals surface area contributed by atoms with Crippen LogP contribution in [0.1, 0.15) is 5.56 Å². The van der Waals surface area contributed by atoms with Crippen molar-refractivity contribution >= 4 is 28.5 Å². The van der Waals surface area contributed by atoms with Crippen molar-refractivity contribution in [3.8, 4) is 22.8 Å². The van der Waals surface area contributed by atoms with Crippen molar-refractivity contribution in [3.63, 3.8) is 0 Å². The number of alkyl halides is 3. The van der Waals surface area contributed by atoms with Crippen molar-refractivity contribution in [2.24, 2.45) is 0 Å². The minimum absolute atomic E-state index is 0.357. The molecule has 0 fully saturated rings. The molecule has 1 amide bonds. The molecular weight excluding hydrogens is 405 g/mol. The number of nitrogens with one attached hydrogen (secondary N) is 1. The summed E-state index contributed by atoms with van der Waals surface area (Å²) >= 11 is 1.26. The maximum absolute atomic E-state index is 12.3. The molecule has 0 saturated carbocycles. The van der Waals surface area contributed by atoms with E-state index in [-0.39, 0.29) is 5.75 Å². The lowest BCUT2D eigenvalue weighted by atomic mass is 10.2. The summed E-state index contributed by atoms with van der Waals surface area (Å²) in [4.78, 5) is 16.4. The van der Waals surface area contributed by atoms with E-state index < -0.39 is 12.3 Å². The second kappa shape index (κ2) is 8.78. The summed E-state index contributed by atoms with van der Waals surface area (Å²) in [5.74, 6) is -0.0840. The van der Waals surface area contributed by atoms with Gasteiger partial charge < -0.3 is 9.47 Å². The maximum Gasteiger partial charge on any atom is 0.573 e. The second-order valence-corrected chi connectivity index (χ2v) is 6.57. The summed E-state index contributed by atoms with van der Waals surface area (Å²) in [5, 5.41) is 4.83. The Morgan fingerprint density at radius 3 is 2.59 bits per heavy atom. The molecule has 0 spiro atoms. The number of benzene rings is 2. The van der Waals surface area contributed by atoms with E-state index in [0.717, 1.165) is 11.3 Å². The van der Waals surface area contributed by atoms with Crippen LogP contribution in [-0.2, 0) is 4.79 Å². The second-order valence-electron chi connectivity index (χ2n) is 5.71. The van der Waals surface area contributed by atoms with Crippen molar-refractivity contribution in [1.29, 1.82) is 0 Å². The normalized spacial score (nSPS) is 11.4. The zero-order chi connectivity index (χ0) is 20.9. The molecule has 5 nitrogen and oxygen atoms in total. The van der Waals surface area contributed by atoms with Crippen LogP contribution in [0.15, 0.2) is 60.0 Å². The molecule has 2 aromatic carbocycles. The van der Waals surface area contributed by atoms with Crippen LogP contribution in [0.4, 0.5) is 18.3 Å². The highest BCUT2D eigenvalue weighted by Gasteiger charge is 2.31. The third-order valence-electron chi connectivity index (χ3n) is 3.64. The van der Waals surface area contributed by atoms with Crippen LogP contribution in [0.2, 0.25) is 0 Å². The summed E-state index contributed by atoms with van der Waals surface area (Å²) in [6.45, 7) is 0. The molecule has 1 aromatic heterocycles. The fourth-order valence-electron chi connectivity index (χ4n) is 2.36. The molecule has 1 N–H and O–H groups in total. The number of nitrogens with zero attached hydrogens (tertiary/aromatic N) is 1. The standard InChI is InChI=1S/C20H15F3N2O3S/c1-27-15-8-6-14(7-9-15)17-12-29-19(24-17)25-18(26)10-5-13-3-2-4-16(11-13)28-20(21,22)23/h2-12H,1H3,(H,24,25,26). The number of anilines is 1. The van der Waals surface area contributed by atoms with Crippen LogP contribution in [0.25, 0.3) is 17.3 Å². The Morgan fingerprint density at radius 1 is 1.14 bits per heavy atom. The Balaban J connectivity index is 1.62. The number of thiazole rings is 1. The van der Waals surface area contributed by atoms with Crippen LogP contribution >= 0.6 is 11.3 Å². The third kappa shape index (κ3) is 6.08. The van der Waals surface area contributed by atoms with Gasteiger partial charge in [-0.25, -0.2) is 4.98 Å². The van der Waals surface area contributed by atoms with E-state index in [1.807, 2.05) is 24.3 Å². The smallest absolute Gasteiger partial charge is 0.497 e. The number of rotatable bonds is 6. The quantitative estimate of drug-likeness (QED) is 0.545. The Bertz CT molecular complexity index is 1010. The first-order valence-corrected chi connectivity index (χ1v) is 9.15. The van der Waals surface area contributed by atoms with Crippen LogP contribution in [0.5, 0.6) is 11.5 Å². The van der Waals surface area contributed by atoms with Crippen molar-refractivity contribution in [3.05, 3.63) is 65.6 Å². The Kier molecular flexibility index (Phi) is 6.18. The number of methoxy groups -OCH3 is 1. The maximum atomic E-state index is 12.3. The van der Waals surface area contributed by atoms with Crippen molar-refractivity contribution in [1.82, 2.24) is 4.98 Å². The van der Waals surface area contributed by atoms with Gasteiger partial charge >= 0.3 is 6.36 Å². The zero-order valence-corrected chi connectivity index (χ0v) is 15.9. The molecule has 1 heterocycles. The van der Waals surface area contributed by atoms with Crippen LogP contribution in [-0.4, -0.2) is 24.4 Å². The van der Waals surface area contributed by atoms with E-state index in [0.29, 0.717) is 16.4 Å². The molecule has 0 aliphatic rings. The minimum atomic E-state index is -4.77. The first-order valence-electron chi connectivity index (χ1n) is 8.27. The van der Waals surface area contributed by atoms with Gasteiger partial charge in [0.05, 0.1) is 12.8 Å². The van der Waals surface area contributed by atoms with E-state index in [9.17, 15) is 18.0 Å². The first-order chi connectivity index (χ1) is 13.8. The van der Waals surface area contributed by atoms with Gasteiger partial charge in [-0.2, -0.15) is 0 Å². The van der Waals surface area contributed by atoms with Crippen LogP contribution in [0, 0.1) is 0 Å². The van der Waals surface area contributed by atoms with E-state index >= 15 is 0 Å². The Morgan fingerprint density at radius 2 is 1.90 bits per heavy atom. The lowest BCUT2D eigenvalue weighted by Gasteiger charge is -2.08. The van der Waals surface area contributed by atoms with Gasteiger partial charge in [0.15, 0.2) is 5.13 Å². The highest BCUT2D eigenvalue weighted by molar-refractivity contribution is 7.14. The van der Waals surface area contributed by atoms with Gasteiger partial charge in [0.2, 0.25) is 5.91 Å². The number of carbonyl (C=O) groups excluding carboxylic acids is 1. The summed E-state index contributed by atoms with van der Waals surface area (Å²) in [6.07, 6.45) is -2.18. The van der Waals surface area contributed by atoms with Crippen LogP contribution < -0.4 is 14.8 Å². The molecule has 0 aliphatic heterocycles. The minimum Gasteiger partial charge on any atom is -0.497 e. The molecule has 150 valence electrons. The van der Waals surface area contributed by atoms with E-state index in [1.165, 1.54) is 41.7 Å². The highest BCUT2D eigenvalue weighted by atomic mass is 32.1. The Labute approximate surface area is 168 Å². The van der Waals surface area contributed by atoms with Gasteiger partial charge in [0, 0.05) is 17.0 Å². The molecule has 0 radical (unpaired) electrons. The van der Waals surface area contributed by atoms with Gasteiger partial charge in [0.1, 0.15) is 11.5 Å². The number of hydrogen-bond donors (Lipinski definition) is 1. The molecule has 0 unspecified atom stereocenters. The highest BCUT2D eigenvalue weighted by Crippen LogP contribution is 2.27. The van der Waals surface area contributed by atoms with Gasteiger partial charge in [-0.15, -0.1) is 24.5 Å². The number of ether oxygens (including phenoxy) is 2. The van der Waals surface area contributed by atoms with E-state index in [2.05, 4.69) is 15.0 Å². The topological polar surface area (TPSA) is 60.5 Å². The number of halogens is 3. The number of amides is 1.